The molecule has 1 aromatic carbocycles. The Morgan fingerprint density at radius 2 is 1.92 bits per heavy atom. The number of carbonyl (C=O) groups is 1. The van der Waals surface area contributed by atoms with Crippen LogP contribution in [0.2, 0.25) is 4.34 Å². The van der Waals surface area contributed by atoms with Gasteiger partial charge in [-0.2, -0.15) is 4.31 Å². The van der Waals surface area contributed by atoms with Gasteiger partial charge in [0.1, 0.15) is 9.96 Å². The monoisotopic (exact) mass is 598 g/mol. The number of piperidine rings is 1. The molecule has 0 saturated carbocycles. The average Bonchev–Trinajstić information content (AvgIpc) is 3.57. The number of nitrogens with zero attached hydrogens (tertiary/aromatic N) is 4. The molecule has 1 amide bonds. The van der Waals surface area contributed by atoms with Crippen LogP contribution in [0.5, 0.6) is 5.75 Å². The van der Waals surface area contributed by atoms with E-state index in [-0.39, 0.29) is 16.0 Å². The van der Waals surface area contributed by atoms with Gasteiger partial charge in [0.15, 0.2) is 5.13 Å². The van der Waals surface area contributed by atoms with Gasteiger partial charge >= 0.3 is 0 Å². The first-order chi connectivity index (χ1) is 18.3. The van der Waals surface area contributed by atoms with Gasteiger partial charge in [-0.05, 0) is 43.5 Å². The Labute approximate surface area is 236 Å². The SMILES string of the molecule is COc1ccc2sc(N(CCCN3CCOCC3)C(=O)C3CCN(S(=O)(=O)c4ccc(Cl)s4)CC3)nc2c1. The van der Waals surface area contributed by atoms with Crippen LogP contribution < -0.4 is 9.64 Å². The number of hydrogen-bond donors (Lipinski definition) is 0. The number of rotatable bonds is 9. The van der Waals surface area contributed by atoms with Crippen molar-refractivity contribution in [2.45, 2.75) is 23.5 Å². The maximum atomic E-state index is 13.9. The van der Waals surface area contributed by atoms with Gasteiger partial charge < -0.3 is 9.47 Å². The van der Waals surface area contributed by atoms with E-state index in [4.69, 9.17) is 26.1 Å². The molecule has 0 spiro atoms. The fraction of sp³-hybridized carbons (Fsp3) is 0.520. The summed E-state index contributed by atoms with van der Waals surface area (Å²) < 4.78 is 40.0. The molecule has 2 aliphatic heterocycles. The third kappa shape index (κ3) is 6.16. The van der Waals surface area contributed by atoms with Crippen LogP contribution in [0, 0.1) is 5.92 Å². The molecule has 9 nitrogen and oxygen atoms in total. The molecular formula is C25H31ClN4O5S3. The number of sulfonamides is 1. The molecule has 13 heteroatoms. The maximum absolute atomic E-state index is 13.9. The van der Waals surface area contributed by atoms with Crippen LogP contribution in [0.3, 0.4) is 0 Å². The zero-order chi connectivity index (χ0) is 26.7. The molecule has 4 heterocycles. The average molecular weight is 599 g/mol. The third-order valence-corrected chi connectivity index (χ3v) is 11.6. The van der Waals surface area contributed by atoms with Gasteiger partial charge in [0.25, 0.3) is 10.0 Å². The summed E-state index contributed by atoms with van der Waals surface area (Å²) in [6.45, 7) is 5.31. The van der Waals surface area contributed by atoms with E-state index in [1.54, 1.807) is 13.2 Å². The third-order valence-electron chi connectivity index (χ3n) is 6.99. The molecule has 206 valence electrons. The summed E-state index contributed by atoms with van der Waals surface area (Å²) in [5.74, 6) is 0.465. The highest BCUT2D eigenvalue weighted by atomic mass is 35.5. The molecule has 0 atom stereocenters. The Morgan fingerprint density at radius 3 is 2.61 bits per heavy atom. The molecule has 2 fully saturated rings. The van der Waals surface area contributed by atoms with Gasteiger partial charge in [0.2, 0.25) is 5.91 Å². The van der Waals surface area contributed by atoms with Crippen molar-refractivity contribution < 1.29 is 22.7 Å². The lowest BCUT2D eigenvalue weighted by atomic mass is 9.96. The molecule has 3 aromatic rings. The predicted octanol–water partition coefficient (Wildman–Crippen LogP) is 4.18. The topological polar surface area (TPSA) is 92.3 Å². The number of halogens is 1. The van der Waals surface area contributed by atoms with E-state index < -0.39 is 10.0 Å². The van der Waals surface area contributed by atoms with Crippen molar-refractivity contribution in [2.24, 2.45) is 5.92 Å². The molecule has 5 rings (SSSR count). The van der Waals surface area contributed by atoms with Crippen LogP contribution in [0.15, 0.2) is 34.5 Å². The summed E-state index contributed by atoms with van der Waals surface area (Å²) in [6.07, 6.45) is 1.75. The van der Waals surface area contributed by atoms with Crippen LogP contribution in [-0.4, -0.2) is 88.1 Å². The minimum Gasteiger partial charge on any atom is -0.497 e. The molecule has 0 aliphatic carbocycles. The fourth-order valence-corrected chi connectivity index (χ4v) is 8.93. The van der Waals surface area contributed by atoms with E-state index in [9.17, 15) is 13.2 Å². The largest absolute Gasteiger partial charge is 0.497 e. The predicted molar refractivity (Wildman–Crippen MR) is 151 cm³/mol. The van der Waals surface area contributed by atoms with E-state index in [1.165, 1.54) is 21.7 Å². The molecule has 0 unspecified atom stereocenters. The van der Waals surface area contributed by atoms with E-state index in [0.717, 1.165) is 66.6 Å². The number of fused-ring (bicyclic) bond motifs is 1. The van der Waals surface area contributed by atoms with E-state index in [2.05, 4.69) is 4.90 Å². The van der Waals surface area contributed by atoms with Crippen molar-refractivity contribution in [1.29, 1.82) is 0 Å². The number of anilines is 1. The van der Waals surface area contributed by atoms with Crippen molar-refractivity contribution in [3.8, 4) is 5.75 Å². The summed E-state index contributed by atoms with van der Waals surface area (Å²) >= 11 is 8.52. The fourth-order valence-electron chi connectivity index (χ4n) is 4.84. The Kier molecular flexibility index (Phi) is 8.88. The van der Waals surface area contributed by atoms with E-state index in [0.29, 0.717) is 41.9 Å². The minimum atomic E-state index is -3.61. The molecule has 0 radical (unpaired) electrons. The number of thiophene rings is 1. The van der Waals surface area contributed by atoms with Crippen LogP contribution in [0.4, 0.5) is 5.13 Å². The van der Waals surface area contributed by atoms with Crippen LogP contribution in [-0.2, 0) is 19.6 Å². The summed E-state index contributed by atoms with van der Waals surface area (Å²) in [4.78, 5) is 22.8. The van der Waals surface area contributed by atoms with Crippen LogP contribution in [0.25, 0.3) is 10.2 Å². The number of morpholine rings is 1. The zero-order valence-electron chi connectivity index (χ0n) is 21.2. The highest BCUT2D eigenvalue weighted by molar-refractivity contribution is 7.91. The number of hydrogen-bond acceptors (Lipinski definition) is 9. The molecule has 0 bridgehead atoms. The number of ether oxygens (including phenoxy) is 2. The first-order valence-electron chi connectivity index (χ1n) is 12.7. The normalized spacial score (nSPS) is 18.2. The number of amides is 1. The highest BCUT2D eigenvalue weighted by Crippen LogP contribution is 2.34. The van der Waals surface area contributed by atoms with Gasteiger partial charge in [-0.25, -0.2) is 13.4 Å². The smallest absolute Gasteiger partial charge is 0.252 e. The number of carbonyl (C=O) groups excluding carboxylic acids is 1. The molecule has 2 aliphatic rings. The highest BCUT2D eigenvalue weighted by Gasteiger charge is 2.35. The second-order valence-electron chi connectivity index (χ2n) is 9.36. The number of thiazole rings is 1. The lowest BCUT2D eigenvalue weighted by molar-refractivity contribution is -0.123. The quantitative estimate of drug-likeness (QED) is 0.365. The lowest BCUT2D eigenvalue weighted by Gasteiger charge is -2.33. The Bertz CT molecular complexity index is 1360. The molecular weight excluding hydrogens is 568 g/mol. The molecule has 2 saturated heterocycles. The van der Waals surface area contributed by atoms with Crippen molar-refractivity contribution in [3.05, 3.63) is 34.7 Å². The van der Waals surface area contributed by atoms with E-state index >= 15 is 0 Å². The standard InChI is InChI=1S/C25H31ClN4O5S3/c1-34-19-3-4-21-20(17-19)27-25(36-21)30(10-2-9-28-13-15-35-16-14-28)24(31)18-7-11-29(12-8-18)38(32,33)23-6-5-22(26)37-23/h3-6,17-18H,2,7-16H2,1H3. The number of aromatic nitrogens is 1. The second-order valence-corrected chi connectivity index (χ2v) is 14.3. The van der Waals surface area contributed by atoms with Crippen molar-refractivity contribution in [3.63, 3.8) is 0 Å². The summed E-state index contributed by atoms with van der Waals surface area (Å²) in [5, 5.41) is 0.670. The number of benzene rings is 1. The van der Waals surface area contributed by atoms with E-state index in [1.807, 2.05) is 23.1 Å². The molecule has 38 heavy (non-hydrogen) atoms. The molecule has 0 N–H and O–H groups in total. The summed E-state index contributed by atoms with van der Waals surface area (Å²) in [6, 6.07) is 8.87. The Morgan fingerprint density at radius 1 is 1.16 bits per heavy atom. The van der Waals surface area contributed by atoms with Gasteiger partial charge in [0, 0.05) is 51.3 Å². The van der Waals surface area contributed by atoms with Crippen molar-refractivity contribution >= 4 is 65.6 Å². The Balaban J connectivity index is 1.30. The van der Waals surface area contributed by atoms with Gasteiger partial charge in [-0.15, -0.1) is 11.3 Å². The summed E-state index contributed by atoms with van der Waals surface area (Å²) in [5.41, 5.74) is 0.797. The van der Waals surface area contributed by atoms with Crippen molar-refractivity contribution in [1.82, 2.24) is 14.2 Å². The van der Waals surface area contributed by atoms with Gasteiger partial charge in [-0.3, -0.25) is 14.6 Å². The minimum absolute atomic E-state index is 0.00853. The zero-order valence-corrected chi connectivity index (χ0v) is 24.4. The second kappa shape index (κ2) is 12.2. The maximum Gasteiger partial charge on any atom is 0.252 e. The van der Waals surface area contributed by atoms with Crippen LogP contribution in [0.1, 0.15) is 19.3 Å². The first kappa shape index (κ1) is 27.8. The first-order valence-corrected chi connectivity index (χ1v) is 16.1. The van der Waals surface area contributed by atoms with Crippen LogP contribution >= 0.6 is 34.3 Å². The van der Waals surface area contributed by atoms with Gasteiger partial charge in [-0.1, -0.05) is 22.9 Å². The molecule has 2 aromatic heterocycles. The lowest BCUT2D eigenvalue weighted by Crippen LogP contribution is -2.45. The summed E-state index contributed by atoms with van der Waals surface area (Å²) in [7, 11) is -1.99. The Hall–Kier alpha value is -1.80. The van der Waals surface area contributed by atoms with Gasteiger partial charge in [0.05, 0.1) is 34.9 Å². The van der Waals surface area contributed by atoms with Crippen molar-refractivity contribution in [2.75, 3.05) is 64.5 Å². The number of methoxy groups -OCH3 is 1.